The average Bonchev–Trinajstić information content (AvgIpc) is 2.96. The van der Waals surface area contributed by atoms with E-state index < -0.39 is 0 Å². The summed E-state index contributed by atoms with van der Waals surface area (Å²) in [5.74, 6) is 0.0245. The van der Waals surface area contributed by atoms with Crippen molar-refractivity contribution in [2.45, 2.75) is 26.4 Å². The number of amides is 1. The number of nitrogens with one attached hydrogen (secondary N) is 2. The number of likely N-dealkylation sites (N-methyl/N-ethyl adjacent to an activating group) is 1. The van der Waals surface area contributed by atoms with Gasteiger partial charge in [0.25, 0.3) is 0 Å². The monoisotopic (exact) mass is 268 g/mol. The van der Waals surface area contributed by atoms with Crippen LogP contribution in [-0.4, -0.2) is 31.7 Å². The summed E-state index contributed by atoms with van der Waals surface area (Å²) >= 11 is 1.68. The van der Waals surface area contributed by atoms with Crippen molar-refractivity contribution in [1.29, 1.82) is 0 Å². The standard InChI is InChI=1S/C13H20N2O2S/c1-3-14-11-8-17-7-10(11)13(16)15-6-12-9(2)4-5-18-12/h4-5,10-11,14H,3,6-8H2,1-2H3,(H,15,16). The van der Waals surface area contributed by atoms with E-state index in [0.717, 1.165) is 6.54 Å². The zero-order valence-electron chi connectivity index (χ0n) is 10.9. The lowest BCUT2D eigenvalue weighted by atomic mass is 10.0. The third-order valence-electron chi connectivity index (χ3n) is 3.27. The summed E-state index contributed by atoms with van der Waals surface area (Å²) in [6.45, 7) is 6.75. The maximum Gasteiger partial charge on any atom is 0.227 e. The summed E-state index contributed by atoms with van der Waals surface area (Å²) in [5.41, 5.74) is 1.24. The molecule has 18 heavy (non-hydrogen) atoms. The Kier molecular flexibility index (Phi) is 4.74. The van der Waals surface area contributed by atoms with Gasteiger partial charge >= 0.3 is 0 Å². The Bertz CT molecular complexity index is 405. The summed E-state index contributed by atoms with van der Waals surface area (Å²) in [7, 11) is 0. The molecule has 100 valence electrons. The molecule has 2 unspecified atom stereocenters. The highest BCUT2D eigenvalue weighted by molar-refractivity contribution is 7.10. The van der Waals surface area contributed by atoms with Crippen LogP contribution in [0.25, 0.3) is 0 Å². The van der Waals surface area contributed by atoms with E-state index in [1.165, 1.54) is 10.4 Å². The molecule has 5 heteroatoms. The Morgan fingerprint density at radius 1 is 1.56 bits per heavy atom. The van der Waals surface area contributed by atoms with Gasteiger partial charge in [-0.3, -0.25) is 4.79 Å². The Hall–Kier alpha value is -0.910. The fraction of sp³-hybridized carbons (Fsp3) is 0.615. The lowest BCUT2D eigenvalue weighted by molar-refractivity contribution is -0.125. The molecule has 0 radical (unpaired) electrons. The van der Waals surface area contributed by atoms with Crippen molar-refractivity contribution in [2.24, 2.45) is 5.92 Å². The molecule has 0 saturated carbocycles. The number of rotatable bonds is 5. The summed E-state index contributed by atoms with van der Waals surface area (Å²) in [6, 6.07) is 2.23. The molecule has 2 N–H and O–H groups in total. The molecule has 1 amide bonds. The number of thiophene rings is 1. The number of aryl methyl sites for hydroxylation is 1. The van der Waals surface area contributed by atoms with Gasteiger partial charge in [-0.05, 0) is 30.5 Å². The van der Waals surface area contributed by atoms with Gasteiger partial charge in [-0.1, -0.05) is 6.92 Å². The molecule has 1 fully saturated rings. The summed E-state index contributed by atoms with van der Waals surface area (Å²) in [5, 5.41) is 8.36. The lowest BCUT2D eigenvalue weighted by Gasteiger charge is -2.17. The number of carbonyl (C=O) groups excluding carboxylic acids is 1. The van der Waals surface area contributed by atoms with Crippen LogP contribution in [0.1, 0.15) is 17.4 Å². The molecule has 0 aromatic carbocycles. The summed E-state index contributed by atoms with van der Waals surface area (Å²) in [6.07, 6.45) is 0. The minimum Gasteiger partial charge on any atom is -0.379 e. The highest BCUT2D eigenvalue weighted by Crippen LogP contribution is 2.17. The minimum atomic E-state index is -0.0646. The van der Waals surface area contributed by atoms with Crippen molar-refractivity contribution in [2.75, 3.05) is 19.8 Å². The van der Waals surface area contributed by atoms with Gasteiger partial charge in [0, 0.05) is 10.9 Å². The molecule has 1 aromatic heterocycles. The molecule has 1 saturated heterocycles. The van der Waals surface area contributed by atoms with E-state index >= 15 is 0 Å². The van der Waals surface area contributed by atoms with Crippen molar-refractivity contribution in [1.82, 2.24) is 10.6 Å². The number of hydrogen-bond acceptors (Lipinski definition) is 4. The van der Waals surface area contributed by atoms with Crippen molar-refractivity contribution in [3.05, 3.63) is 21.9 Å². The molecule has 2 heterocycles. The molecule has 0 spiro atoms. The predicted octanol–water partition coefficient (Wildman–Crippen LogP) is 1.30. The SMILES string of the molecule is CCNC1COCC1C(=O)NCc1sccc1C. The zero-order valence-corrected chi connectivity index (χ0v) is 11.7. The van der Waals surface area contributed by atoms with Gasteiger partial charge in [-0.15, -0.1) is 11.3 Å². The molecule has 2 atom stereocenters. The van der Waals surface area contributed by atoms with Crippen LogP contribution in [0.15, 0.2) is 11.4 Å². The molecule has 2 rings (SSSR count). The first-order valence-corrected chi connectivity index (χ1v) is 7.22. The van der Waals surface area contributed by atoms with E-state index in [1.54, 1.807) is 11.3 Å². The summed E-state index contributed by atoms with van der Waals surface area (Å²) < 4.78 is 5.38. The topological polar surface area (TPSA) is 50.4 Å². The minimum absolute atomic E-state index is 0.0646. The number of ether oxygens (including phenoxy) is 1. The first-order valence-electron chi connectivity index (χ1n) is 6.34. The largest absolute Gasteiger partial charge is 0.379 e. The van der Waals surface area contributed by atoms with Crippen LogP contribution in [-0.2, 0) is 16.1 Å². The number of carbonyl (C=O) groups is 1. The fourth-order valence-corrected chi connectivity index (χ4v) is 3.01. The highest BCUT2D eigenvalue weighted by Gasteiger charge is 2.33. The molecule has 1 aliphatic heterocycles. The van der Waals surface area contributed by atoms with E-state index in [2.05, 4.69) is 29.0 Å². The van der Waals surface area contributed by atoms with Gasteiger partial charge in [0.15, 0.2) is 0 Å². The maximum absolute atomic E-state index is 12.1. The first kappa shape index (κ1) is 13.5. The first-order chi connectivity index (χ1) is 8.72. The lowest BCUT2D eigenvalue weighted by Crippen LogP contribution is -2.43. The molecule has 1 aromatic rings. The average molecular weight is 268 g/mol. The second-order valence-corrected chi connectivity index (χ2v) is 5.55. The normalized spacial score (nSPS) is 23.2. The molecule has 1 aliphatic rings. The zero-order chi connectivity index (χ0) is 13.0. The van der Waals surface area contributed by atoms with Crippen LogP contribution in [0.3, 0.4) is 0 Å². The molecular weight excluding hydrogens is 248 g/mol. The molecule has 0 aliphatic carbocycles. The van der Waals surface area contributed by atoms with Gasteiger partial charge in [-0.2, -0.15) is 0 Å². The van der Waals surface area contributed by atoms with E-state index in [9.17, 15) is 4.79 Å². The smallest absolute Gasteiger partial charge is 0.227 e. The second-order valence-electron chi connectivity index (χ2n) is 4.55. The Balaban J connectivity index is 1.86. The maximum atomic E-state index is 12.1. The van der Waals surface area contributed by atoms with Crippen LogP contribution in [0.5, 0.6) is 0 Å². The van der Waals surface area contributed by atoms with E-state index in [1.807, 2.05) is 6.92 Å². The molecule has 4 nitrogen and oxygen atoms in total. The van der Waals surface area contributed by atoms with Crippen LogP contribution in [0.2, 0.25) is 0 Å². The summed E-state index contributed by atoms with van der Waals surface area (Å²) in [4.78, 5) is 13.3. The van der Waals surface area contributed by atoms with Crippen molar-refractivity contribution < 1.29 is 9.53 Å². The van der Waals surface area contributed by atoms with Crippen molar-refractivity contribution >= 4 is 17.2 Å². The van der Waals surface area contributed by atoms with Crippen LogP contribution < -0.4 is 10.6 Å². The third-order valence-corrected chi connectivity index (χ3v) is 4.30. The second kappa shape index (κ2) is 6.31. The predicted molar refractivity (Wildman–Crippen MR) is 72.7 cm³/mol. The van der Waals surface area contributed by atoms with Crippen molar-refractivity contribution in [3.63, 3.8) is 0 Å². The van der Waals surface area contributed by atoms with Crippen LogP contribution in [0, 0.1) is 12.8 Å². The van der Waals surface area contributed by atoms with Gasteiger partial charge in [0.05, 0.1) is 25.7 Å². The Morgan fingerprint density at radius 2 is 2.39 bits per heavy atom. The number of hydrogen-bond donors (Lipinski definition) is 2. The highest BCUT2D eigenvalue weighted by atomic mass is 32.1. The van der Waals surface area contributed by atoms with E-state index in [0.29, 0.717) is 19.8 Å². The quantitative estimate of drug-likeness (QED) is 0.846. The third kappa shape index (κ3) is 3.10. The van der Waals surface area contributed by atoms with Crippen LogP contribution in [0.4, 0.5) is 0 Å². The van der Waals surface area contributed by atoms with Crippen LogP contribution >= 0.6 is 11.3 Å². The molecular formula is C13H20N2O2S. The Morgan fingerprint density at radius 3 is 3.06 bits per heavy atom. The van der Waals surface area contributed by atoms with E-state index in [4.69, 9.17) is 4.74 Å². The van der Waals surface area contributed by atoms with Gasteiger partial charge in [0.1, 0.15) is 0 Å². The van der Waals surface area contributed by atoms with Gasteiger partial charge in [0.2, 0.25) is 5.91 Å². The van der Waals surface area contributed by atoms with Gasteiger partial charge < -0.3 is 15.4 Å². The Labute approximate surface area is 112 Å². The molecule has 0 bridgehead atoms. The van der Waals surface area contributed by atoms with Gasteiger partial charge in [-0.25, -0.2) is 0 Å². The van der Waals surface area contributed by atoms with E-state index in [-0.39, 0.29) is 17.9 Å². The fourth-order valence-electron chi connectivity index (χ4n) is 2.16. The van der Waals surface area contributed by atoms with Crippen molar-refractivity contribution in [3.8, 4) is 0 Å².